The summed E-state index contributed by atoms with van der Waals surface area (Å²) < 4.78 is 1.47. The first-order chi connectivity index (χ1) is 14.6. The van der Waals surface area contributed by atoms with Gasteiger partial charge in [-0.25, -0.2) is 10.1 Å². The minimum Gasteiger partial charge on any atom is -0.295 e. The number of aryl methyl sites for hydroxylation is 1. The van der Waals surface area contributed by atoms with Gasteiger partial charge in [0.1, 0.15) is 5.71 Å². The van der Waals surface area contributed by atoms with Gasteiger partial charge in [-0.2, -0.15) is 5.10 Å². The van der Waals surface area contributed by atoms with Crippen molar-refractivity contribution in [1.82, 2.24) is 20.2 Å². The third-order valence-electron chi connectivity index (χ3n) is 4.58. The number of para-hydroxylation sites is 1. The number of hydrogen-bond donors (Lipinski definition) is 2. The first-order valence-corrected chi connectivity index (χ1v) is 9.36. The summed E-state index contributed by atoms with van der Waals surface area (Å²) in [5.41, 5.74) is 5.57. The molecule has 0 aliphatic carbocycles. The maximum absolute atomic E-state index is 13.2. The van der Waals surface area contributed by atoms with Crippen LogP contribution in [0.1, 0.15) is 27.2 Å². The summed E-state index contributed by atoms with van der Waals surface area (Å²) in [5, 5.41) is 7.43. The third-order valence-corrected chi connectivity index (χ3v) is 4.58. The van der Waals surface area contributed by atoms with Crippen LogP contribution in [-0.4, -0.2) is 26.4 Å². The van der Waals surface area contributed by atoms with Crippen molar-refractivity contribution in [2.75, 3.05) is 0 Å². The van der Waals surface area contributed by atoms with Crippen LogP contribution in [0.15, 0.2) is 95.1 Å². The zero-order valence-corrected chi connectivity index (χ0v) is 16.2. The van der Waals surface area contributed by atoms with Crippen LogP contribution in [0.4, 0.5) is 0 Å². The van der Waals surface area contributed by atoms with E-state index in [-0.39, 0.29) is 11.5 Å². The van der Waals surface area contributed by atoms with Gasteiger partial charge in [-0.15, -0.1) is 0 Å². The molecule has 7 nitrogen and oxygen atoms in total. The fourth-order valence-corrected chi connectivity index (χ4v) is 3.12. The predicted octanol–water partition coefficient (Wildman–Crippen LogP) is 3.05. The molecule has 4 aromatic rings. The summed E-state index contributed by atoms with van der Waals surface area (Å²) in [6.45, 7) is 1.80. The van der Waals surface area contributed by atoms with Crippen LogP contribution < -0.4 is 11.0 Å². The molecule has 2 N–H and O–H groups in total. The van der Waals surface area contributed by atoms with E-state index in [0.717, 1.165) is 0 Å². The maximum Gasteiger partial charge on any atom is 0.281 e. The Balaban J connectivity index is 1.79. The van der Waals surface area contributed by atoms with Crippen LogP contribution in [0.25, 0.3) is 5.69 Å². The van der Waals surface area contributed by atoms with Crippen molar-refractivity contribution in [3.8, 4) is 5.69 Å². The number of hydrogen-bond acceptors (Lipinski definition) is 4. The van der Waals surface area contributed by atoms with E-state index in [1.165, 1.54) is 17.1 Å². The van der Waals surface area contributed by atoms with E-state index in [1.807, 2.05) is 60.7 Å². The Morgan fingerprint density at radius 3 is 2.23 bits per heavy atom. The SMILES string of the molecule is Cc1[nH]n(-c2ccccc2)c(=O)c1/C(=N\NC(=O)c1ccncc1)c1ccccc1. The normalized spacial score (nSPS) is 11.3. The molecule has 0 spiro atoms. The number of aromatic amines is 1. The van der Waals surface area contributed by atoms with Gasteiger partial charge in [-0.3, -0.25) is 19.7 Å². The van der Waals surface area contributed by atoms with Crippen molar-refractivity contribution in [1.29, 1.82) is 0 Å². The number of benzene rings is 2. The number of nitrogens with one attached hydrogen (secondary N) is 2. The number of pyridine rings is 1. The standard InChI is InChI=1S/C23H19N5O2/c1-16-20(23(30)28(27-16)19-10-6-3-7-11-19)21(17-8-4-2-5-9-17)25-26-22(29)18-12-14-24-15-13-18/h2-15,27H,1H3,(H,26,29)/b25-21-. The maximum atomic E-state index is 13.2. The van der Waals surface area contributed by atoms with Crippen LogP contribution in [0, 0.1) is 6.92 Å². The van der Waals surface area contributed by atoms with Crippen molar-refractivity contribution in [3.05, 3.63) is 118 Å². The Morgan fingerprint density at radius 1 is 0.933 bits per heavy atom. The Bertz CT molecular complexity index is 1240. The average Bonchev–Trinajstić information content (AvgIpc) is 3.10. The molecule has 7 heteroatoms. The number of aromatic nitrogens is 3. The predicted molar refractivity (Wildman–Crippen MR) is 115 cm³/mol. The van der Waals surface area contributed by atoms with E-state index in [0.29, 0.717) is 33.8 Å². The first kappa shape index (κ1) is 19.1. The number of H-pyrrole nitrogens is 1. The second-order valence-electron chi connectivity index (χ2n) is 6.59. The van der Waals surface area contributed by atoms with Crippen LogP contribution in [0.2, 0.25) is 0 Å². The zero-order valence-electron chi connectivity index (χ0n) is 16.2. The lowest BCUT2D eigenvalue weighted by molar-refractivity contribution is 0.0955. The molecule has 0 saturated heterocycles. The minimum absolute atomic E-state index is 0.250. The minimum atomic E-state index is -0.387. The molecule has 0 bridgehead atoms. The molecule has 2 aromatic carbocycles. The highest BCUT2D eigenvalue weighted by atomic mass is 16.2. The molecular weight excluding hydrogens is 378 g/mol. The van der Waals surface area contributed by atoms with E-state index >= 15 is 0 Å². The number of rotatable bonds is 5. The Labute approximate surface area is 172 Å². The van der Waals surface area contributed by atoms with Crippen molar-refractivity contribution in [2.45, 2.75) is 6.92 Å². The van der Waals surface area contributed by atoms with Gasteiger partial charge in [0.25, 0.3) is 11.5 Å². The van der Waals surface area contributed by atoms with Gasteiger partial charge < -0.3 is 0 Å². The van der Waals surface area contributed by atoms with Gasteiger partial charge in [0.2, 0.25) is 0 Å². The molecule has 0 aliphatic rings. The van der Waals surface area contributed by atoms with Gasteiger partial charge >= 0.3 is 0 Å². The molecule has 0 radical (unpaired) electrons. The molecular formula is C23H19N5O2. The van der Waals surface area contributed by atoms with E-state index in [2.05, 4.69) is 20.6 Å². The summed E-state index contributed by atoms with van der Waals surface area (Å²) in [5.74, 6) is -0.387. The molecule has 2 heterocycles. The number of carbonyl (C=O) groups is 1. The molecule has 0 unspecified atom stereocenters. The summed E-state index contributed by atoms with van der Waals surface area (Å²) >= 11 is 0. The van der Waals surface area contributed by atoms with E-state index in [4.69, 9.17) is 0 Å². The molecule has 0 saturated carbocycles. The highest BCUT2D eigenvalue weighted by Gasteiger charge is 2.20. The molecule has 0 aliphatic heterocycles. The monoisotopic (exact) mass is 397 g/mol. The molecule has 148 valence electrons. The van der Waals surface area contributed by atoms with Gasteiger partial charge in [-0.1, -0.05) is 48.5 Å². The lowest BCUT2D eigenvalue weighted by atomic mass is 10.0. The molecule has 2 aromatic heterocycles. The van der Waals surface area contributed by atoms with Gasteiger partial charge in [0.05, 0.1) is 11.3 Å². The van der Waals surface area contributed by atoms with Crippen molar-refractivity contribution < 1.29 is 4.79 Å². The number of hydrazone groups is 1. The number of nitrogens with zero attached hydrogens (tertiary/aromatic N) is 3. The highest BCUT2D eigenvalue weighted by molar-refractivity contribution is 6.13. The smallest absolute Gasteiger partial charge is 0.281 e. The topological polar surface area (TPSA) is 92.1 Å². The Hall–Kier alpha value is -4.26. The van der Waals surface area contributed by atoms with Gasteiger partial charge in [-0.05, 0) is 31.2 Å². The van der Waals surface area contributed by atoms with E-state index < -0.39 is 0 Å². The third kappa shape index (κ3) is 3.81. The number of amides is 1. The molecule has 1 amide bonds. The molecule has 0 atom stereocenters. The second-order valence-corrected chi connectivity index (χ2v) is 6.59. The van der Waals surface area contributed by atoms with Crippen molar-refractivity contribution >= 4 is 11.6 Å². The summed E-state index contributed by atoms with van der Waals surface area (Å²) in [6, 6.07) is 21.7. The molecule has 4 rings (SSSR count). The van der Waals surface area contributed by atoms with E-state index in [9.17, 15) is 9.59 Å². The van der Waals surface area contributed by atoms with Crippen molar-refractivity contribution in [3.63, 3.8) is 0 Å². The fourth-order valence-electron chi connectivity index (χ4n) is 3.12. The van der Waals surface area contributed by atoms with E-state index in [1.54, 1.807) is 19.1 Å². The van der Waals surface area contributed by atoms with Crippen LogP contribution in [0.3, 0.4) is 0 Å². The lowest BCUT2D eigenvalue weighted by Gasteiger charge is -2.06. The zero-order chi connectivity index (χ0) is 20.9. The highest BCUT2D eigenvalue weighted by Crippen LogP contribution is 2.13. The lowest BCUT2D eigenvalue weighted by Crippen LogP contribution is -2.25. The van der Waals surface area contributed by atoms with Crippen LogP contribution >= 0.6 is 0 Å². The van der Waals surface area contributed by atoms with Crippen LogP contribution in [0.5, 0.6) is 0 Å². The fraction of sp³-hybridized carbons (Fsp3) is 0.0435. The second kappa shape index (κ2) is 8.40. The Morgan fingerprint density at radius 2 is 1.57 bits per heavy atom. The molecule has 30 heavy (non-hydrogen) atoms. The van der Waals surface area contributed by atoms with Gasteiger partial charge in [0.15, 0.2) is 0 Å². The molecule has 0 fully saturated rings. The summed E-state index contributed by atoms with van der Waals surface area (Å²) in [4.78, 5) is 29.6. The Kier molecular flexibility index (Phi) is 5.34. The average molecular weight is 397 g/mol. The summed E-state index contributed by atoms with van der Waals surface area (Å²) in [7, 11) is 0. The quantitative estimate of drug-likeness (QED) is 0.400. The largest absolute Gasteiger partial charge is 0.295 e. The van der Waals surface area contributed by atoms with Gasteiger partial charge in [0, 0.05) is 29.2 Å². The number of carbonyl (C=O) groups excluding carboxylic acids is 1. The van der Waals surface area contributed by atoms with Crippen LogP contribution in [-0.2, 0) is 0 Å². The first-order valence-electron chi connectivity index (χ1n) is 9.36. The van der Waals surface area contributed by atoms with Crippen molar-refractivity contribution in [2.24, 2.45) is 5.10 Å². The summed E-state index contributed by atoms with van der Waals surface area (Å²) in [6.07, 6.45) is 3.07.